The summed E-state index contributed by atoms with van der Waals surface area (Å²) in [5.41, 5.74) is 2.30. The Bertz CT molecular complexity index is 961. The predicted molar refractivity (Wildman–Crippen MR) is 125 cm³/mol. The number of rotatable bonds is 7. The number of carbonyl (C=O) groups excluding carboxylic acids is 1. The van der Waals surface area contributed by atoms with E-state index in [0.717, 1.165) is 40.2 Å². The average Bonchev–Trinajstić information content (AvgIpc) is 3.11. The number of carboxylic acid groups (broad SMARTS) is 1. The summed E-state index contributed by atoms with van der Waals surface area (Å²) in [7, 11) is 2.05. The third kappa shape index (κ3) is 4.96. The van der Waals surface area contributed by atoms with E-state index < -0.39 is 11.6 Å². The van der Waals surface area contributed by atoms with Crippen LogP contribution >= 0.6 is 11.8 Å². The van der Waals surface area contributed by atoms with E-state index in [1.165, 1.54) is 0 Å². The largest absolute Gasteiger partial charge is 0.478 e. The molecule has 0 aromatic heterocycles. The normalized spacial score (nSPS) is 19.4. The molecule has 1 saturated heterocycles. The number of nitrogens with zero attached hydrogens (tertiary/aromatic N) is 1. The fraction of sp³-hybridized carbons (Fsp3) is 0.440. The third-order valence-corrected chi connectivity index (χ3v) is 6.74. The number of likely N-dealkylation sites (N-methyl/N-ethyl adjacent to an activating group) is 1. The lowest BCUT2D eigenvalue weighted by molar-refractivity contribution is -0.152. The van der Waals surface area contributed by atoms with E-state index in [1.54, 1.807) is 25.6 Å². The molecule has 6 heteroatoms. The van der Waals surface area contributed by atoms with Crippen LogP contribution in [0.15, 0.2) is 41.3 Å². The van der Waals surface area contributed by atoms with E-state index in [2.05, 4.69) is 4.90 Å². The standard InChI is InChI=1S/C25H31NO4S/c1-15-11-18(12-16(2)23(15)30-25(3,4)24(28)29)20-13-26(5)14-21(20)22(27)17-7-9-19(31-6)10-8-17/h7-12,20-21H,13-14H2,1-6H3,(H,28,29)/t20?,21-/m0/s1. The first-order valence-corrected chi connectivity index (χ1v) is 11.7. The van der Waals surface area contributed by atoms with Gasteiger partial charge in [-0.3, -0.25) is 4.79 Å². The van der Waals surface area contributed by atoms with Crippen molar-refractivity contribution in [3.63, 3.8) is 0 Å². The SMILES string of the molecule is CSc1ccc(C(=O)[C@H]2CN(C)CC2c2cc(C)c(OC(C)(C)C(=O)O)c(C)c2)cc1. The van der Waals surface area contributed by atoms with E-state index >= 15 is 0 Å². The van der Waals surface area contributed by atoms with Gasteiger partial charge < -0.3 is 14.7 Å². The maximum Gasteiger partial charge on any atom is 0.347 e. The van der Waals surface area contributed by atoms with Gasteiger partial charge in [-0.1, -0.05) is 24.3 Å². The number of aliphatic carboxylic acids is 1. The quantitative estimate of drug-likeness (QED) is 0.492. The van der Waals surface area contributed by atoms with Crippen LogP contribution in [-0.2, 0) is 4.79 Å². The van der Waals surface area contributed by atoms with E-state index in [-0.39, 0.29) is 17.6 Å². The number of carbonyl (C=O) groups is 2. The summed E-state index contributed by atoms with van der Waals surface area (Å²) in [5, 5.41) is 9.41. The number of Topliss-reactive ketones (excluding diaryl/α,β-unsaturated/α-hetero) is 1. The van der Waals surface area contributed by atoms with E-state index in [1.807, 2.05) is 63.5 Å². The molecule has 166 valence electrons. The van der Waals surface area contributed by atoms with Crippen molar-refractivity contribution in [3.05, 3.63) is 58.7 Å². The lowest BCUT2D eigenvalue weighted by Crippen LogP contribution is -2.38. The summed E-state index contributed by atoms with van der Waals surface area (Å²) in [4.78, 5) is 28.2. The second kappa shape index (κ2) is 9.05. The number of ether oxygens (including phenoxy) is 1. The Morgan fingerprint density at radius 3 is 2.19 bits per heavy atom. The first kappa shape index (κ1) is 23.4. The second-order valence-corrected chi connectivity index (χ2v) is 9.81. The van der Waals surface area contributed by atoms with E-state index in [9.17, 15) is 14.7 Å². The second-order valence-electron chi connectivity index (χ2n) is 8.93. The summed E-state index contributed by atoms with van der Waals surface area (Å²) in [6, 6.07) is 11.9. The van der Waals surface area contributed by atoms with E-state index in [0.29, 0.717) is 5.75 Å². The molecule has 3 rings (SSSR count). The van der Waals surface area contributed by atoms with Crippen molar-refractivity contribution >= 4 is 23.5 Å². The maximum absolute atomic E-state index is 13.4. The fourth-order valence-electron chi connectivity index (χ4n) is 4.23. The topological polar surface area (TPSA) is 66.8 Å². The van der Waals surface area contributed by atoms with Crippen molar-refractivity contribution in [2.24, 2.45) is 5.92 Å². The van der Waals surface area contributed by atoms with Crippen LogP contribution in [0.5, 0.6) is 5.75 Å². The maximum atomic E-state index is 13.4. The minimum absolute atomic E-state index is 0.0802. The van der Waals surface area contributed by atoms with Gasteiger partial charge in [-0.15, -0.1) is 11.8 Å². The Morgan fingerprint density at radius 1 is 1.10 bits per heavy atom. The molecule has 0 saturated carbocycles. The zero-order valence-electron chi connectivity index (χ0n) is 19.1. The number of likely N-dealkylation sites (tertiary alicyclic amines) is 1. The van der Waals surface area contributed by atoms with Crippen LogP contribution in [0.1, 0.15) is 46.8 Å². The number of ketones is 1. The summed E-state index contributed by atoms with van der Waals surface area (Å²) in [6.45, 7) is 8.48. The van der Waals surface area contributed by atoms with Gasteiger partial charge in [0.05, 0.1) is 0 Å². The molecule has 0 spiro atoms. The first-order chi connectivity index (χ1) is 14.5. The Labute approximate surface area is 188 Å². The van der Waals surface area contributed by atoms with Gasteiger partial charge in [0.25, 0.3) is 0 Å². The van der Waals surface area contributed by atoms with Crippen LogP contribution in [0, 0.1) is 19.8 Å². The lowest BCUT2D eigenvalue weighted by atomic mass is 9.82. The molecular formula is C25H31NO4S. The highest BCUT2D eigenvalue weighted by molar-refractivity contribution is 7.98. The van der Waals surface area contributed by atoms with Crippen molar-refractivity contribution in [1.29, 1.82) is 0 Å². The highest BCUT2D eigenvalue weighted by Crippen LogP contribution is 2.38. The number of thioether (sulfide) groups is 1. The van der Waals surface area contributed by atoms with Crippen molar-refractivity contribution in [2.45, 2.75) is 44.1 Å². The Morgan fingerprint density at radius 2 is 1.68 bits per heavy atom. The van der Waals surface area contributed by atoms with Crippen LogP contribution in [0.2, 0.25) is 0 Å². The van der Waals surface area contributed by atoms with Crippen molar-refractivity contribution in [2.75, 3.05) is 26.4 Å². The van der Waals surface area contributed by atoms with Crippen molar-refractivity contribution in [3.8, 4) is 5.75 Å². The summed E-state index contributed by atoms with van der Waals surface area (Å²) >= 11 is 1.66. The molecule has 1 fully saturated rings. The molecule has 31 heavy (non-hydrogen) atoms. The fourth-order valence-corrected chi connectivity index (χ4v) is 4.64. The van der Waals surface area contributed by atoms with Crippen LogP contribution in [0.3, 0.4) is 0 Å². The molecule has 0 aliphatic carbocycles. The van der Waals surface area contributed by atoms with Gasteiger partial charge in [-0.2, -0.15) is 0 Å². The number of benzene rings is 2. The Kier molecular flexibility index (Phi) is 6.82. The number of hydrogen-bond acceptors (Lipinski definition) is 5. The van der Waals surface area contributed by atoms with Gasteiger partial charge in [0.1, 0.15) is 5.75 Å². The van der Waals surface area contributed by atoms with Gasteiger partial charge in [0, 0.05) is 35.4 Å². The highest BCUT2D eigenvalue weighted by atomic mass is 32.2. The van der Waals surface area contributed by atoms with E-state index in [4.69, 9.17) is 4.74 Å². The van der Waals surface area contributed by atoms with Crippen LogP contribution < -0.4 is 4.74 Å². The molecule has 1 aliphatic rings. The van der Waals surface area contributed by atoms with Gasteiger partial charge in [0.15, 0.2) is 11.4 Å². The molecule has 0 bridgehead atoms. The monoisotopic (exact) mass is 441 g/mol. The molecule has 1 heterocycles. The van der Waals surface area contributed by atoms with Crippen LogP contribution in [-0.4, -0.2) is 53.8 Å². The number of carboxylic acids is 1. The molecule has 2 aromatic rings. The highest BCUT2D eigenvalue weighted by Gasteiger charge is 2.38. The molecule has 1 aliphatic heterocycles. The summed E-state index contributed by atoms with van der Waals surface area (Å²) < 4.78 is 5.85. The minimum atomic E-state index is -1.31. The Balaban J connectivity index is 1.91. The number of hydrogen-bond donors (Lipinski definition) is 1. The smallest absolute Gasteiger partial charge is 0.347 e. The molecule has 0 radical (unpaired) electrons. The molecule has 1 N–H and O–H groups in total. The molecule has 0 amide bonds. The lowest BCUT2D eigenvalue weighted by Gasteiger charge is -2.26. The van der Waals surface area contributed by atoms with Gasteiger partial charge >= 0.3 is 5.97 Å². The molecule has 2 atom stereocenters. The summed E-state index contributed by atoms with van der Waals surface area (Å²) in [6.07, 6.45) is 2.02. The molecule has 5 nitrogen and oxygen atoms in total. The van der Waals surface area contributed by atoms with Crippen molar-refractivity contribution in [1.82, 2.24) is 4.90 Å². The zero-order valence-corrected chi connectivity index (χ0v) is 19.9. The van der Waals surface area contributed by atoms with Crippen LogP contribution in [0.25, 0.3) is 0 Å². The first-order valence-electron chi connectivity index (χ1n) is 10.4. The van der Waals surface area contributed by atoms with Gasteiger partial charge in [-0.05, 0) is 69.8 Å². The third-order valence-electron chi connectivity index (χ3n) is 6.00. The average molecular weight is 442 g/mol. The minimum Gasteiger partial charge on any atom is -0.478 e. The molecule has 1 unspecified atom stereocenters. The predicted octanol–water partition coefficient (Wildman–Crippen LogP) is 4.80. The molecule has 2 aromatic carbocycles. The van der Waals surface area contributed by atoms with Crippen LogP contribution in [0.4, 0.5) is 0 Å². The number of aryl methyl sites for hydroxylation is 2. The molecular weight excluding hydrogens is 410 g/mol. The van der Waals surface area contributed by atoms with Crippen molar-refractivity contribution < 1.29 is 19.4 Å². The summed E-state index contributed by atoms with van der Waals surface area (Å²) in [5.74, 6) is -0.281. The van der Waals surface area contributed by atoms with Gasteiger partial charge in [-0.25, -0.2) is 4.79 Å². The van der Waals surface area contributed by atoms with Gasteiger partial charge in [0.2, 0.25) is 0 Å². The Hall–Kier alpha value is -2.31. The zero-order chi connectivity index (χ0) is 22.9.